The fourth-order valence-corrected chi connectivity index (χ4v) is 2.71. The normalized spacial score (nSPS) is 11.3. The van der Waals surface area contributed by atoms with Gasteiger partial charge in [0.1, 0.15) is 12.6 Å². The molecule has 0 amide bonds. The van der Waals surface area contributed by atoms with Gasteiger partial charge in [-0.3, -0.25) is 4.79 Å². The maximum absolute atomic E-state index is 12.3. The second kappa shape index (κ2) is 17.8. The lowest BCUT2D eigenvalue weighted by Gasteiger charge is -2.18. The molecule has 1 N–H and O–H groups in total. The second-order valence-corrected chi connectivity index (χ2v) is 8.22. The molecule has 0 aliphatic heterocycles. The summed E-state index contributed by atoms with van der Waals surface area (Å²) >= 11 is 0. The summed E-state index contributed by atoms with van der Waals surface area (Å²) in [7, 11) is 1.24. The molecule has 0 saturated heterocycles. The highest BCUT2D eigenvalue weighted by Crippen LogP contribution is 2.30. The number of benzene rings is 1. The molecule has 0 unspecified atom stereocenters. The summed E-state index contributed by atoms with van der Waals surface area (Å²) in [6.45, 7) is 8.12. The van der Waals surface area contributed by atoms with Crippen molar-refractivity contribution in [3.8, 4) is 11.5 Å². The highest BCUT2D eigenvalue weighted by molar-refractivity contribution is 5.76. The molecule has 0 bridgehead atoms. The highest BCUT2D eigenvalue weighted by atomic mass is 16.7. The average Bonchev–Trinajstić information content (AvgIpc) is 2.87. The Morgan fingerprint density at radius 1 is 0.811 bits per heavy atom. The third kappa shape index (κ3) is 13.4. The van der Waals surface area contributed by atoms with Crippen molar-refractivity contribution < 1.29 is 52.3 Å². The Balaban J connectivity index is 2.90. The van der Waals surface area contributed by atoms with Gasteiger partial charge in [0.25, 0.3) is 0 Å². The van der Waals surface area contributed by atoms with E-state index in [1.54, 1.807) is 6.07 Å². The van der Waals surface area contributed by atoms with Crippen molar-refractivity contribution in [2.45, 2.75) is 53.0 Å². The first-order valence-corrected chi connectivity index (χ1v) is 12.1. The van der Waals surface area contributed by atoms with E-state index in [0.717, 1.165) is 0 Å². The Bertz CT molecular complexity index is 872. The molecule has 0 radical (unpaired) electrons. The molecule has 208 valence electrons. The number of rotatable bonds is 15. The Hall–Kier alpha value is -3.54. The molecule has 0 saturated carbocycles. The summed E-state index contributed by atoms with van der Waals surface area (Å²) < 4.78 is 35.0. The van der Waals surface area contributed by atoms with E-state index in [9.17, 15) is 19.2 Å². The molecule has 12 nitrogen and oxygen atoms in total. The zero-order valence-corrected chi connectivity index (χ0v) is 22.0. The molecule has 0 spiro atoms. The van der Waals surface area contributed by atoms with Crippen molar-refractivity contribution >= 4 is 24.4 Å². The fourth-order valence-electron chi connectivity index (χ4n) is 2.71. The molecule has 1 aromatic rings. The number of ether oxygens (including phenoxy) is 7. The molecule has 0 fully saturated rings. The lowest BCUT2D eigenvalue weighted by molar-refractivity contribution is -0.143. The molecular weight excluding hydrogens is 490 g/mol. The van der Waals surface area contributed by atoms with E-state index in [1.807, 2.05) is 27.7 Å². The Kier molecular flexibility index (Phi) is 15.2. The molecule has 1 rings (SSSR count). The quantitative estimate of drug-likeness (QED) is 0.152. The summed E-state index contributed by atoms with van der Waals surface area (Å²) in [6, 6.07) is 3.62. The molecule has 1 aromatic carbocycles. The van der Waals surface area contributed by atoms with Gasteiger partial charge < -0.3 is 38.5 Å². The number of carbonyl (C=O) groups is 4. The number of esters is 1. The van der Waals surface area contributed by atoms with E-state index in [-0.39, 0.29) is 56.8 Å². The van der Waals surface area contributed by atoms with E-state index >= 15 is 0 Å². The van der Waals surface area contributed by atoms with Gasteiger partial charge in [-0.1, -0.05) is 33.8 Å². The van der Waals surface area contributed by atoms with Gasteiger partial charge in [0, 0.05) is 6.54 Å². The van der Waals surface area contributed by atoms with E-state index < -0.39 is 30.5 Å². The van der Waals surface area contributed by atoms with Crippen LogP contribution in [0.15, 0.2) is 18.2 Å². The van der Waals surface area contributed by atoms with Crippen molar-refractivity contribution in [2.75, 3.05) is 40.1 Å². The first-order chi connectivity index (χ1) is 17.7. The van der Waals surface area contributed by atoms with Crippen LogP contribution in [-0.2, 0) is 34.9 Å². The van der Waals surface area contributed by atoms with Crippen LogP contribution in [0.1, 0.15) is 46.1 Å². The maximum Gasteiger partial charge on any atom is 0.513 e. The van der Waals surface area contributed by atoms with Gasteiger partial charge in [-0.25, -0.2) is 14.4 Å². The van der Waals surface area contributed by atoms with Crippen LogP contribution in [0.25, 0.3) is 0 Å². The van der Waals surface area contributed by atoms with Crippen molar-refractivity contribution in [1.82, 2.24) is 5.32 Å². The SMILES string of the molecule is CCCOC(=O)Oc1ccc(C[C@H](NCCOC(=O)OCC(C)C)C(=O)OC)cc1OC(=O)OCCC. The molecule has 1 atom stereocenters. The topological polar surface area (TPSA) is 145 Å². The minimum absolute atomic E-state index is 0.0330. The minimum atomic E-state index is -0.977. The molecule has 0 aliphatic carbocycles. The summed E-state index contributed by atoms with van der Waals surface area (Å²) in [5.41, 5.74) is 0.549. The number of hydrogen-bond donors (Lipinski definition) is 1. The van der Waals surface area contributed by atoms with Gasteiger partial charge in [0.15, 0.2) is 11.5 Å². The standard InChI is InChI=1S/C25H37NO11/c1-6-11-32-24(29)36-20-9-8-18(15-21(20)37-25(30)33-12-7-2)14-19(22(27)31-5)26-10-13-34-23(28)35-16-17(3)4/h8-9,15,17,19,26H,6-7,10-14,16H2,1-5H3/t19-/m0/s1. The van der Waals surface area contributed by atoms with Crippen molar-refractivity contribution in [1.29, 1.82) is 0 Å². The molecule has 0 heterocycles. The average molecular weight is 528 g/mol. The van der Waals surface area contributed by atoms with Gasteiger partial charge >= 0.3 is 24.4 Å². The summed E-state index contributed by atoms with van der Waals surface area (Å²) in [4.78, 5) is 47.8. The zero-order chi connectivity index (χ0) is 27.6. The summed E-state index contributed by atoms with van der Waals surface area (Å²) in [6.07, 6.45) is -1.42. The summed E-state index contributed by atoms with van der Waals surface area (Å²) in [5, 5.41) is 2.95. The van der Waals surface area contributed by atoms with Crippen LogP contribution in [0.5, 0.6) is 11.5 Å². The van der Waals surface area contributed by atoms with Crippen molar-refractivity contribution in [3.63, 3.8) is 0 Å². The molecule has 0 aromatic heterocycles. The molecular formula is C25H37NO11. The van der Waals surface area contributed by atoms with Crippen LogP contribution in [0.2, 0.25) is 0 Å². The lowest BCUT2D eigenvalue weighted by Crippen LogP contribution is -2.41. The predicted octanol–water partition coefficient (Wildman–Crippen LogP) is 4.02. The van der Waals surface area contributed by atoms with Gasteiger partial charge in [-0.05, 0) is 42.9 Å². The van der Waals surface area contributed by atoms with Crippen molar-refractivity contribution in [3.05, 3.63) is 23.8 Å². The lowest BCUT2D eigenvalue weighted by atomic mass is 10.1. The smallest absolute Gasteiger partial charge is 0.468 e. The first kappa shape index (κ1) is 31.5. The number of hydrogen-bond acceptors (Lipinski definition) is 12. The Labute approximate surface area is 216 Å². The van der Waals surface area contributed by atoms with Crippen LogP contribution in [0.3, 0.4) is 0 Å². The van der Waals surface area contributed by atoms with E-state index in [2.05, 4.69) is 5.32 Å². The Morgan fingerprint density at radius 3 is 1.97 bits per heavy atom. The number of carbonyl (C=O) groups excluding carboxylic acids is 4. The van der Waals surface area contributed by atoms with Crippen LogP contribution in [0, 0.1) is 5.92 Å². The van der Waals surface area contributed by atoms with Gasteiger partial charge in [0.2, 0.25) is 0 Å². The third-order valence-electron chi connectivity index (χ3n) is 4.42. The number of nitrogens with one attached hydrogen (secondary N) is 1. The predicted molar refractivity (Wildman–Crippen MR) is 131 cm³/mol. The Morgan fingerprint density at radius 2 is 1.41 bits per heavy atom. The zero-order valence-electron chi connectivity index (χ0n) is 22.0. The molecule has 0 aliphatic rings. The monoisotopic (exact) mass is 527 g/mol. The van der Waals surface area contributed by atoms with Crippen LogP contribution in [-0.4, -0.2) is 70.6 Å². The summed E-state index contributed by atoms with van der Waals surface area (Å²) in [5.74, 6) is -0.535. The largest absolute Gasteiger partial charge is 0.513 e. The molecule has 12 heteroatoms. The van der Waals surface area contributed by atoms with Crippen LogP contribution in [0.4, 0.5) is 14.4 Å². The van der Waals surface area contributed by atoms with Gasteiger partial charge in [-0.2, -0.15) is 0 Å². The van der Waals surface area contributed by atoms with E-state index in [0.29, 0.717) is 18.4 Å². The van der Waals surface area contributed by atoms with E-state index in [1.165, 1.54) is 19.2 Å². The van der Waals surface area contributed by atoms with Crippen molar-refractivity contribution in [2.24, 2.45) is 5.92 Å². The second-order valence-electron chi connectivity index (χ2n) is 8.22. The van der Waals surface area contributed by atoms with Gasteiger partial charge in [0.05, 0.1) is 26.9 Å². The molecule has 37 heavy (non-hydrogen) atoms. The third-order valence-corrected chi connectivity index (χ3v) is 4.42. The van der Waals surface area contributed by atoms with E-state index in [4.69, 9.17) is 33.2 Å². The first-order valence-electron chi connectivity index (χ1n) is 12.1. The maximum atomic E-state index is 12.3. The number of methoxy groups -OCH3 is 1. The fraction of sp³-hybridized carbons (Fsp3) is 0.600. The highest BCUT2D eigenvalue weighted by Gasteiger charge is 2.22. The van der Waals surface area contributed by atoms with Crippen LogP contribution >= 0.6 is 0 Å². The van der Waals surface area contributed by atoms with Crippen LogP contribution < -0.4 is 14.8 Å². The van der Waals surface area contributed by atoms with Gasteiger partial charge in [-0.15, -0.1) is 0 Å². The minimum Gasteiger partial charge on any atom is -0.468 e.